The minimum absolute atomic E-state index is 0.378. The van der Waals surface area contributed by atoms with Gasteiger partial charge in [0.25, 0.3) is 0 Å². The Hall–Kier alpha value is -0.740. The van der Waals surface area contributed by atoms with Crippen LogP contribution >= 0.6 is 0 Å². The van der Waals surface area contributed by atoms with E-state index in [1.165, 1.54) is 0 Å². The molecule has 0 rings (SSSR count). The summed E-state index contributed by atoms with van der Waals surface area (Å²) in [6.07, 6.45) is 1.61. The summed E-state index contributed by atoms with van der Waals surface area (Å²) in [5.74, 6) is 0. The van der Waals surface area contributed by atoms with Gasteiger partial charge in [-0.05, 0) is 0 Å². The standard InChI is InChI=1S/C6H12N2O2/c9-5-3-7-1-2-8-4-6-10/h5-8H,1-4H2. The van der Waals surface area contributed by atoms with E-state index in [0.717, 1.165) is 12.6 Å². The molecule has 4 heteroatoms. The second kappa shape index (κ2) is 8.26. The van der Waals surface area contributed by atoms with E-state index in [2.05, 4.69) is 10.6 Å². The third kappa shape index (κ3) is 7.26. The molecule has 0 aliphatic heterocycles. The van der Waals surface area contributed by atoms with Crippen molar-refractivity contribution >= 4 is 12.6 Å². The molecule has 0 atom stereocenters. The maximum absolute atomic E-state index is 9.75. The van der Waals surface area contributed by atoms with E-state index in [0.29, 0.717) is 26.2 Å². The lowest BCUT2D eigenvalue weighted by molar-refractivity contribution is -0.108. The van der Waals surface area contributed by atoms with Gasteiger partial charge in [-0.25, -0.2) is 0 Å². The van der Waals surface area contributed by atoms with Crippen molar-refractivity contribution in [2.24, 2.45) is 0 Å². The van der Waals surface area contributed by atoms with Gasteiger partial charge in [0.15, 0.2) is 0 Å². The molecule has 2 N–H and O–H groups in total. The van der Waals surface area contributed by atoms with Crippen molar-refractivity contribution in [3.63, 3.8) is 0 Å². The molecular weight excluding hydrogens is 132 g/mol. The maximum Gasteiger partial charge on any atom is 0.133 e. The molecule has 0 bridgehead atoms. The number of nitrogens with one attached hydrogen (secondary N) is 2. The molecule has 0 aliphatic carbocycles. The van der Waals surface area contributed by atoms with E-state index in [4.69, 9.17) is 0 Å². The predicted octanol–water partition coefficient (Wildman–Crippen LogP) is -1.44. The minimum atomic E-state index is 0.378. The molecule has 0 radical (unpaired) electrons. The summed E-state index contributed by atoms with van der Waals surface area (Å²) in [5.41, 5.74) is 0. The Morgan fingerprint density at radius 2 is 1.30 bits per heavy atom. The molecule has 0 unspecified atom stereocenters. The second-order valence-electron chi connectivity index (χ2n) is 1.74. The highest BCUT2D eigenvalue weighted by Gasteiger charge is 1.83. The third-order valence-electron chi connectivity index (χ3n) is 0.934. The summed E-state index contributed by atoms with van der Waals surface area (Å²) in [6.45, 7) is 2.19. The lowest BCUT2D eigenvalue weighted by Crippen LogP contribution is -2.29. The van der Waals surface area contributed by atoms with Gasteiger partial charge in [0.05, 0.1) is 13.1 Å². The summed E-state index contributed by atoms with van der Waals surface area (Å²) >= 11 is 0. The van der Waals surface area contributed by atoms with E-state index < -0.39 is 0 Å². The van der Waals surface area contributed by atoms with Gasteiger partial charge in [0.1, 0.15) is 12.6 Å². The zero-order chi connectivity index (χ0) is 7.66. The summed E-state index contributed by atoms with van der Waals surface area (Å²) in [4.78, 5) is 19.5. The molecule has 0 heterocycles. The average molecular weight is 144 g/mol. The fourth-order valence-corrected chi connectivity index (χ4v) is 0.499. The Bertz CT molecular complexity index is 83.7. The van der Waals surface area contributed by atoms with E-state index in [1.807, 2.05) is 0 Å². The highest BCUT2D eigenvalue weighted by molar-refractivity contribution is 5.52. The first-order valence-electron chi connectivity index (χ1n) is 3.20. The number of carbonyl (C=O) groups excluding carboxylic acids is 2. The third-order valence-corrected chi connectivity index (χ3v) is 0.934. The highest BCUT2D eigenvalue weighted by Crippen LogP contribution is 1.55. The zero-order valence-corrected chi connectivity index (χ0v) is 5.80. The van der Waals surface area contributed by atoms with Crippen LogP contribution in [0.1, 0.15) is 0 Å². The molecule has 0 saturated heterocycles. The Kier molecular flexibility index (Phi) is 7.65. The van der Waals surface area contributed by atoms with Crippen molar-refractivity contribution in [1.29, 1.82) is 0 Å². The van der Waals surface area contributed by atoms with Crippen LogP contribution in [-0.4, -0.2) is 38.8 Å². The van der Waals surface area contributed by atoms with E-state index in [9.17, 15) is 9.59 Å². The number of hydrogen-bond acceptors (Lipinski definition) is 4. The van der Waals surface area contributed by atoms with Gasteiger partial charge in [0.2, 0.25) is 0 Å². The van der Waals surface area contributed by atoms with Crippen LogP contribution in [0.15, 0.2) is 0 Å². The SMILES string of the molecule is O=CCNCCNCC=O. The van der Waals surface area contributed by atoms with Gasteiger partial charge in [0, 0.05) is 13.1 Å². The van der Waals surface area contributed by atoms with Crippen LogP contribution in [-0.2, 0) is 9.59 Å². The van der Waals surface area contributed by atoms with Crippen molar-refractivity contribution in [2.45, 2.75) is 0 Å². The Morgan fingerprint density at radius 1 is 0.900 bits per heavy atom. The van der Waals surface area contributed by atoms with Crippen LogP contribution in [0.5, 0.6) is 0 Å². The molecule has 10 heavy (non-hydrogen) atoms. The molecule has 0 spiro atoms. The summed E-state index contributed by atoms with van der Waals surface area (Å²) < 4.78 is 0. The van der Waals surface area contributed by atoms with Crippen molar-refractivity contribution in [3.8, 4) is 0 Å². The van der Waals surface area contributed by atoms with Gasteiger partial charge in [-0.3, -0.25) is 0 Å². The van der Waals surface area contributed by atoms with Crippen molar-refractivity contribution in [3.05, 3.63) is 0 Å². The Morgan fingerprint density at radius 3 is 1.60 bits per heavy atom. The quantitative estimate of drug-likeness (QED) is 0.339. The van der Waals surface area contributed by atoms with E-state index in [1.54, 1.807) is 0 Å². The number of carbonyl (C=O) groups is 2. The molecule has 4 nitrogen and oxygen atoms in total. The van der Waals surface area contributed by atoms with Crippen molar-refractivity contribution < 1.29 is 9.59 Å². The van der Waals surface area contributed by atoms with Crippen LogP contribution in [0, 0.1) is 0 Å². The molecule has 58 valence electrons. The maximum atomic E-state index is 9.75. The summed E-state index contributed by atoms with van der Waals surface area (Å²) in [5, 5.41) is 5.69. The first-order chi connectivity index (χ1) is 4.91. The first kappa shape index (κ1) is 9.26. The van der Waals surface area contributed by atoms with E-state index >= 15 is 0 Å². The summed E-state index contributed by atoms with van der Waals surface area (Å²) in [6, 6.07) is 0. The average Bonchev–Trinajstić information content (AvgIpc) is 1.97. The Labute approximate surface area is 60.0 Å². The predicted molar refractivity (Wildman–Crippen MR) is 37.9 cm³/mol. The van der Waals surface area contributed by atoms with Crippen LogP contribution in [0.25, 0.3) is 0 Å². The minimum Gasteiger partial charge on any atom is -0.309 e. The van der Waals surface area contributed by atoms with Crippen LogP contribution < -0.4 is 10.6 Å². The fraction of sp³-hybridized carbons (Fsp3) is 0.667. The number of rotatable bonds is 7. The van der Waals surface area contributed by atoms with Gasteiger partial charge >= 0.3 is 0 Å². The number of hydrogen-bond donors (Lipinski definition) is 2. The first-order valence-corrected chi connectivity index (χ1v) is 3.20. The van der Waals surface area contributed by atoms with Crippen molar-refractivity contribution in [1.82, 2.24) is 10.6 Å². The molecule has 0 aromatic heterocycles. The van der Waals surface area contributed by atoms with Crippen LogP contribution in [0.3, 0.4) is 0 Å². The monoisotopic (exact) mass is 144 g/mol. The van der Waals surface area contributed by atoms with Crippen LogP contribution in [0.4, 0.5) is 0 Å². The summed E-state index contributed by atoms with van der Waals surface area (Å²) in [7, 11) is 0. The smallest absolute Gasteiger partial charge is 0.133 e. The van der Waals surface area contributed by atoms with Gasteiger partial charge in [-0.1, -0.05) is 0 Å². The second-order valence-corrected chi connectivity index (χ2v) is 1.74. The topological polar surface area (TPSA) is 58.2 Å². The fourth-order valence-electron chi connectivity index (χ4n) is 0.499. The molecule has 0 aromatic rings. The van der Waals surface area contributed by atoms with E-state index in [-0.39, 0.29) is 0 Å². The van der Waals surface area contributed by atoms with Gasteiger partial charge < -0.3 is 20.2 Å². The van der Waals surface area contributed by atoms with Gasteiger partial charge in [-0.15, -0.1) is 0 Å². The molecule has 0 saturated carbocycles. The Balaban J connectivity index is 2.76. The number of aldehydes is 2. The molecule has 0 aromatic carbocycles. The van der Waals surface area contributed by atoms with Crippen LogP contribution in [0.2, 0.25) is 0 Å². The lowest BCUT2D eigenvalue weighted by Gasteiger charge is -1.99. The lowest BCUT2D eigenvalue weighted by atomic mass is 10.5. The zero-order valence-electron chi connectivity index (χ0n) is 5.80. The molecular formula is C6H12N2O2. The van der Waals surface area contributed by atoms with Gasteiger partial charge in [-0.2, -0.15) is 0 Å². The molecule has 0 amide bonds. The molecule has 0 fully saturated rings. The molecule has 0 aliphatic rings. The largest absolute Gasteiger partial charge is 0.309 e. The van der Waals surface area contributed by atoms with Crippen molar-refractivity contribution in [2.75, 3.05) is 26.2 Å². The highest BCUT2D eigenvalue weighted by atomic mass is 16.1. The normalized spacial score (nSPS) is 9.20.